The molecular weight excluding hydrogens is 152 g/mol. The van der Waals surface area contributed by atoms with E-state index in [2.05, 4.69) is 0 Å². The van der Waals surface area contributed by atoms with Crippen LogP contribution in [0.1, 0.15) is 25.7 Å². The predicted molar refractivity (Wildman–Crippen MR) is 39.2 cm³/mol. The molecule has 0 spiro atoms. The summed E-state index contributed by atoms with van der Waals surface area (Å²) >= 11 is 5.79. The first-order valence-corrected chi connectivity index (χ1v) is 4.00. The van der Waals surface area contributed by atoms with Crippen molar-refractivity contribution in [1.29, 1.82) is 0 Å². The molecule has 3 heteroatoms. The first-order valence-electron chi connectivity index (χ1n) is 3.57. The van der Waals surface area contributed by atoms with Gasteiger partial charge in [0.1, 0.15) is 0 Å². The maximum atomic E-state index is 10.4. The van der Waals surface area contributed by atoms with Crippen molar-refractivity contribution in [3.8, 4) is 0 Å². The summed E-state index contributed by atoms with van der Waals surface area (Å²) in [5.74, 6) is -0.874. The molecule has 0 radical (unpaired) electrons. The lowest BCUT2D eigenvalue weighted by Gasteiger charge is -2.21. The standard InChI is InChI=1S/C7H11ClO2/c8-6-3-1-2-5(4-6)7(9)10/h5-6H,1-4H2,(H,9,10)/t5-,6+/m1/s1. The van der Waals surface area contributed by atoms with Crippen LogP contribution in [0.15, 0.2) is 0 Å². The zero-order valence-corrected chi connectivity index (χ0v) is 6.47. The summed E-state index contributed by atoms with van der Waals surface area (Å²) in [5.41, 5.74) is 0. The van der Waals surface area contributed by atoms with Gasteiger partial charge in [-0.1, -0.05) is 6.42 Å². The third kappa shape index (κ3) is 1.87. The minimum Gasteiger partial charge on any atom is -0.481 e. The molecule has 2 nitrogen and oxygen atoms in total. The molecule has 0 aromatic heterocycles. The van der Waals surface area contributed by atoms with Crippen molar-refractivity contribution in [2.75, 3.05) is 0 Å². The molecule has 1 aliphatic rings. The fourth-order valence-electron chi connectivity index (χ4n) is 1.35. The summed E-state index contributed by atoms with van der Waals surface area (Å²) < 4.78 is 0. The molecule has 1 rings (SSSR count). The lowest BCUT2D eigenvalue weighted by Crippen LogP contribution is -2.22. The molecule has 0 aromatic carbocycles. The number of halogens is 1. The van der Waals surface area contributed by atoms with E-state index in [9.17, 15) is 4.79 Å². The van der Waals surface area contributed by atoms with Crippen molar-refractivity contribution < 1.29 is 9.90 Å². The van der Waals surface area contributed by atoms with Gasteiger partial charge in [-0.3, -0.25) is 4.79 Å². The normalized spacial score (nSPS) is 33.7. The number of carboxylic acids is 1. The van der Waals surface area contributed by atoms with Crippen LogP contribution in [0, 0.1) is 5.92 Å². The molecule has 0 saturated heterocycles. The molecule has 2 atom stereocenters. The van der Waals surface area contributed by atoms with Gasteiger partial charge in [0.2, 0.25) is 0 Å². The highest BCUT2D eigenvalue weighted by molar-refractivity contribution is 6.20. The number of alkyl halides is 1. The van der Waals surface area contributed by atoms with Crippen molar-refractivity contribution in [2.45, 2.75) is 31.1 Å². The minimum absolute atomic E-state index is 0.0925. The van der Waals surface area contributed by atoms with Crippen molar-refractivity contribution >= 4 is 17.6 Å². The average Bonchev–Trinajstić information content (AvgIpc) is 1.88. The van der Waals surface area contributed by atoms with Crippen LogP contribution in [0.2, 0.25) is 0 Å². The zero-order chi connectivity index (χ0) is 7.56. The Hall–Kier alpha value is -0.240. The van der Waals surface area contributed by atoms with Gasteiger partial charge in [-0.2, -0.15) is 0 Å². The highest BCUT2D eigenvalue weighted by Crippen LogP contribution is 2.27. The molecule has 10 heavy (non-hydrogen) atoms. The molecule has 0 amide bonds. The second kappa shape index (κ2) is 3.24. The first-order chi connectivity index (χ1) is 4.70. The Balaban J connectivity index is 2.39. The lowest BCUT2D eigenvalue weighted by molar-refractivity contribution is -0.142. The minimum atomic E-state index is -0.689. The van der Waals surface area contributed by atoms with E-state index in [4.69, 9.17) is 16.7 Å². The Kier molecular flexibility index (Phi) is 2.55. The molecule has 0 unspecified atom stereocenters. The summed E-state index contributed by atoms with van der Waals surface area (Å²) in [6.45, 7) is 0. The van der Waals surface area contributed by atoms with Crippen molar-refractivity contribution in [1.82, 2.24) is 0 Å². The topological polar surface area (TPSA) is 37.3 Å². The summed E-state index contributed by atoms with van der Waals surface area (Å²) in [4.78, 5) is 10.4. The fraction of sp³-hybridized carbons (Fsp3) is 0.857. The third-order valence-corrected chi connectivity index (χ3v) is 2.36. The molecule has 0 aromatic rings. The SMILES string of the molecule is O=C(O)[C@@H]1CCC[C@H](Cl)C1. The van der Waals surface area contributed by atoms with E-state index < -0.39 is 5.97 Å². The number of rotatable bonds is 1. The van der Waals surface area contributed by atoms with Gasteiger partial charge in [-0.05, 0) is 19.3 Å². The molecule has 1 saturated carbocycles. The van der Waals surface area contributed by atoms with E-state index >= 15 is 0 Å². The first kappa shape index (κ1) is 7.86. The van der Waals surface area contributed by atoms with Crippen LogP contribution in [0.4, 0.5) is 0 Å². The van der Waals surface area contributed by atoms with Crippen molar-refractivity contribution in [3.63, 3.8) is 0 Å². The van der Waals surface area contributed by atoms with Gasteiger partial charge < -0.3 is 5.11 Å². The number of hydrogen-bond acceptors (Lipinski definition) is 1. The van der Waals surface area contributed by atoms with Gasteiger partial charge in [0.15, 0.2) is 0 Å². The molecule has 1 fully saturated rings. The smallest absolute Gasteiger partial charge is 0.306 e. The Morgan fingerprint density at radius 3 is 2.60 bits per heavy atom. The largest absolute Gasteiger partial charge is 0.481 e. The van der Waals surface area contributed by atoms with E-state index in [1.54, 1.807) is 0 Å². The summed E-state index contributed by atoms with van der Waals surface area (Å²) in [5, 5.41) is 8.69. The fourth-order valence-corrected chi connectivity index (χ4v) is 1.72. The molecule has 0 aliphatic heterocycles. The van der Waals surface area contributed by atoms with E-state index in [-0.39, 0.29) is 11.3 Å². The van der Waals surface area contributed by atoms with Gasteiger partial charge in [0.05, 0.1) is 5.92 Å². The Bertz CT molecular complexity index is 136. The lowest BCUT2D eigenvalue weighted by atomic mass is 9.89. The molecule has 1 N–H and O–H groups in total. The van der Waals surface area contributed by atoms with E-state index in [0.717, 1.165) is 19.3 Å². The maximum Gasteiger partial charge on any atom is 0.306 e. The number of aliphatic carboxylic acids is 1. The highest BCUT2D eigenvalue weighted by atomic mass is 35.5. The van der Waals surface area contributed by atoms with Crippen LogP contribution in [0.25, 0.3) is 0 Å². The Morgan fingerprint density at radius 1 is 1.50 bits per heavy atom. The van der Waals surface area contributed by atoms with Gasteiger partial charge >= 0.3 is 5.97 Å². The number of carbonyl (C=O) groups is 1. The summed E-state index contributed by atoms with van der Waals surface area (Å²) in [7, 11) is 0. The summed E-state index contributed by atoms with van der Waals surface area (Å²) in [6.07, 6.45) is 3.39. The van der Waals surface area contributed by atoms with Crippen LogP contribution in [-0.4, -0.2) is 16.5 Å². The third-order valence-electron chi connectivity index (χ3n) is 1.96. The molecule has 0 bridgehead atoms. The second-order valence-electron chi connectivity index (χ2n) is 2.80. The summed E-state index contributed by atoms with van der Waals surface area (Å²) in [6, 6.07) is 0. The zero-order valence-electron chi connectivity index (χ0n) is 5.72. The van der Waals surface area contributed by atoms with Gasteiger partial charge in [-0.15, -0.1) is 11.6 Å². The Morgan fingerprint density at radius 2 is 2.20 bits per heavy atom. The van der Waals surface area contributed by atoms with Crippen LogP contribution >= 0.6 is 11.6 Å². The molecule has 0 heterocycles. The molecular formula is C7H11ClO2. The second-order valence-corrected chi connectivity index (χ2v) is 3.42. The quantitative estimate of drug-likeness (QED) is 0.598. The highest BCUT2D eigenvalue weighted by Gasteiger charge is 2.25. The van der Waals surface area contributed by atoms with Crippen LogP contribution in [-0.2, 0) is 4.79 Å². The molecule has 58 valence electrons. The van der Waals surface area contributed by atoms with Crippen molar-refractivity contribution in [3.05, 3.63) is 0 Å². The predicted octanol–water partition coefficient (Wildman–Crippen LogP) is 1.87. The van der Waals surface area contributed by atoms with E-state index in [1.165, 1.54) is 0 Å². The van der Waals surface area contributed by atoms with E-state index in [1.807, 2.05) is 0 Å². The monoisotopic (exact) mass is 162 g/mol. The number of hydrogen-bond donors (Lipinski definition) is 1. The van der Waals surface area contributed by atoms with Crippen LogP contribution in [0.5, 0.6) is 0 Å². The van der Waals surface area contributed by atoms with Gasteiger partial charge in [0.25, 0.3) is 0 Å². The maximum absolute atomic E-state index is 10.4. The van der Waals surface area contributed by atoms with Gasteiger partial charge in [-0.25, -0.2) is 0 Å². The average molecular weight is 163 g/mol. The van der Waals surface area contributed by atoms with Gasteiger partial charge in [0, 0.05) is 5.38 Å². The number of carboxylic acid groups (broad SMARTS) is 1. The van der Waals surface area contributed by atoms with E-state index in [0.29, 0.717) is 6.42 Å². The Labute approximate surface area is 65.2 Å². The van der Waals surface area contributed by atoms with Crippen LogP contribution < -0.4 is 0 Å². The van der Waals surface area contributed by atoms with Crippen molar-refractivity contribution in [2.24, 2.45) is 5.92 Å². The van der Waals surface area contributed by atoms with Crippen LogP contribution in [0.3, 0.4) is 0 Å². The molecule has 1 aliphatic carbocycles.